The molecule has 0 radical (unpaired) electrons. The van der Waals surface area contributed by atoms with Crippen molar-refractivity contribution in [2.75, 3.05) is 0 Å². The molecule has 0 bridgehead atoms. The van der Waals surface area contributed by atoms with Crippen LogP contribution in [-0.4, -0.2) is 18.3 Å². The summed E-state index contributed by atoms with van der Waals surface area (Å²) in [4.78, 5) is 21.5. The van der Waals surface area contributed by atoms with Crippen LogP contribution in [0.2, 0.25) is 0 Å². The zero-order valence-corrected chi connectivity index (χ0v) is 8.96. The topological polar surface area (TPSA) is 69.4 Å². The zero-order chi connectivity index (χ0) is 11.8. The van der Waals surface area contributed by atoms with E-state index in [1.165, 1.54) is 0 Å². The molecule has 86 valence electrons. The van der Waals surface area contributed by atoms with Gasteiger partial charge in [0.1, 0.15) is 18.9 Å². The van der Waals surface area contributed by atoms with Gasteiger partial charge in [-0.1, -0.05) is 30.3 Å². The molecule has 0 saturated carbocycles. The van der Waals surface area contributed by atoms with E-state index in [0.29, 0.717) is 6.42 Å². The fourth-order valence-electron chi connectivity index (χ4n) is 1.20. The predicted octanol–water partition coefficient (Wildman–Crippen LogP) is 1.04. The molecule has 0 amide bonds. The molecule has 0 aliphatic rings. The van der Waals surface area contributed by atoms with Gasteiger partial charge < -0.3 is 15.3 Å². The molecule has 0 saturated heterocycles. The minimum Gasteiger partial charge on any atom is -0.460 e. The van der Waals surface area contributed by atoms with Gasteiger partial charge in [0.25, 0.3) is 0 Å². The van der Waals surface area contributed by atoms with Crippen molar-refractivity contribution in [2.24, 2.45) is 5.73 Å². The summed E-state index contributed by atoms with van der Waals surface area (Å²) in [7, 11) is 0. The number of nitrogens with two attached hydrogens (primary N) is 1. The maximum Gasteiger partial charge on any atom is 0.323 e. The highest BCUT2D eigenvalue weighted by molar-refractivity contribution is 5.75. The normalized spacial score (nSPS) is 11.8. The number of carbonyl (C=O) groups excluding carboxylic acids is 2. The molecule has 0 fully saturated rings. The van der Waals surface area contributed by atoms with Crippen LogP contribution in [0.15, 0.2) is 30.3 Å². The van der Waals surface area contributed by atoms with Crippen molar-refractivity contribution in [2.45, 2.75) is 25.5 Å². The van der Waals surface area contributed by atoms with Crippen LogP contribution >= 0.6 is 0 Å². The summed E-state index contributed by atoms with van der Waals surface area (Å²) in [5.41, 5.74) is 6.45. The Hall–Kier alpha value is -1.68. The molecule has 0 spiro atoms. The lowest BCUT2D eigenvalue weighted by Crippen LogP contribution is -2.32. The number of ether oxygens (including phenoxy) is 1. The molecule has 1 atom stereocenters. The van der Waals surface area contributed by atoms with Crippen LogP contribution in [0.5, 0.6) is 0 Å². The summed E-state index contributed by atoms with van der Waals surface area (Å²) >= 11 is 0. The van der Waals surface area contributed by atoms with Gasteiger partial charge in [-0.3, -0.25) is 4.79 Å². The monoisotopic (exact) mass is 221 g/mol. The lowest BCUT2D eigenvalue weighted by molar-refractivity contribution is -0.146. The van der Waals surface area contributed by atoms with E-state index in [0.717, 1.165) is 11.8 Å². The van der Waals surface area contributed by atoms with Crippen molar-refractivity contribution in [1.82, 2.24) is 0 Å². The molecule has 1 aromatic rings. The number of rotatable bonds is 6. The third-order valence-corrected chi connectivity index (χ3v) is 2.12. The third kappa shape index (κ3) is 4.23. The summed E-state index contributed by atoms with van der Waals surface area (Å²) in [5.74, 6) is -0.467. The van der Waals surface area contributed by atoms with E-state index < -0.39 is 12.0 Å². The summed E-state index contributed by atoms with van der Waals surface area (Å²) < 4.78 is 5.01. The number of carbonyl (C=O) groups is 2. The minimum atomic E-state index is -0.714. The van der Waals surface area contributed by atoms with Crippen LogP contribution < -0.4 is 5.73 Å². The highest BCUT2D eigenvalue weighted by Gasteiger charge is 2.14. The molecule has 1 aromatic carbocycles. The average Bonchev–Trinajstić information content (AvgIpc) is 2.34. The quantitative estimate of drug-likeness (QED) is 0.575. The average molecular weight is 221 g/mol. The maximum absolute atomic E-state index is 11.4. The van der Waals surface area contributed by atoms with Gasteiger partial charge in [-0.05, 0) is 12.0 Å². The Labute approximate surface area is 94.4 Å². The zero-order valence-electron chi connectivity index (χ0n) is 8.96. The lowest BCUT2D eigenvalue weighted by atomic mass is 10.2. The number of benzene rings is 1. The molecule has 0 heterocycles. The fourth-order valence-corrected chi connectivity index (χ4v) is 1.20. The van der Waals surface area contributed by atoms with Crippen LogP contribution in [0.4, 0.5) is 0 Å². The molecule has 2 N–H and O–H groups in total. The van der Waals surface area contributed by atoms with E-state index in [2.05, 4.69) is 0 Å². The second-order valence-electron chi connectivity index (χ2n) is 3.44. The molecule has 0 aliphatic carbocycles. The van der Waals surface area contributed by atoms with Crippen molar-refractivity contribution in [3.05, 3.63) is 35.9 Å². The number of hydrogen-bond acceptors (Lipinski definition) is 4. The van der Waals surface area contributed by atoms with Crippen LogP contribution in [0.1, 0.15) is 18.4 Å². The Kier molecular flexibility index (Phi) is 5.22. The smallest absolute Gasteiger partial charge is 0.323 e. The number of esters is 1. The first-order valence-electron chi connectivity index (χ1n) is 5.14. The second-order valence-corrected chi connectivity index (χ2v) is 3.44. The van der Waals surface area contributed by atoms with Crippen molar-refractivity contribution < 1.29 is 14.3 Å². The first kappa shape index (κ1) is 12.4. The Balaban J connectivity index is 2.32. The van der Waals surface area contributed by atoms with Crippen LogP contribution in [0.25, 0.3) is 0 Å². The van der Waals surface area contributed by atoms with E-state index in [4.69, 9.17) is 10.5 Å². The first-order valence-corrected chi connectivity index (χ1v) is 5.14. The second kappa shape index (κ2) is 6.74. The molecule has 1 rings (SSSR count). The summed E-state index contributed by atoms with van der Waals surface area (Å²) in [6, 6.07) is 8.65. The lowest BCUT2D eigenvalue weighted by Gasteiger charge is -2.09. The van der Waals surface area contributed by atoms with E-state index in [1.54, 1.807) is 0 Å². The largest absolute Gasteiger partial charge is 0.460 e. The van der Waals surface area contributed by atoms with Gasteiger partial charge in [0.15, 0.2) is 0 Å². The summed E-state index contributed by atoms with van der Waals surface area (Å²) in [5, 5.41) is 0. The summed E-state index contributed by atoms with van der Waals surface area (Å²) in [6.07, 6.45) is 1.35. The standard InChI is InChI=1S/C12H15NO3/c13-11(7-4-8-14)12(15)16-9-10-5-2-1-3-6-10/h1-3,5-6,8,11H,4,7,9,13H2/t11-/m1/s1. The molecular weight excluding hydrogens is 206 g/mol. The van der Waals surface area contributed by atoms with Crippen LogP contribution in [0, 0.1) is 0 Å². The van der Waals surface area contributed by atoms with Crippen LogP contribution in [0.3, 0.4) is 0 Å². The van der Waals surface area contributed by atoms with E-state index >= 15 is 0 Å². The minimum absolute atomic E-state index is 0.217. The molecule has 16 heavy (non-hydrogen) atoms. The van der Waals surface area contributed by atoms with Gasteiger partial charge in [-0.2, -0.15) is 0 Å². The maximum atomic E-state index is 11.4. The Bertz CT molecular complexity index is 337. The van der Waals surface area contributed by atoms with Gasteiger partial charge in [-0.25, -0.2) is 0 Å². The number of hydrogen-bond donors (Lipinski definition) is 1. The van der Waals surface area contributed by atoms with Gasteiger partial charge >= 0.3 is 5.97 Å². The summed E-state index contributed by atoms with van der Waals surface area (Å²) in [6.45, 7) is 0.217. The van der Waals surface area contributed by atoms with Crippen molar-refractivity contribution in [3.8, 4) is 0 Å². The van der Waals surface area contributed by atoms with Gasteiger partial charge in [-0.15, -0.1) is 0 Å². The van der Waals surface area contributed by atoms with E-state index in [1.807, 2.05) is 30.3 Å². The van der Waals surface area contributed by atoms with E-state index in [-0.39, 0.29) is 13.0 Å². The highest BCUT2D eigenvalue weighted by atomic mass is 16.5. The molecule has 0 aromatic heterocycles. The Morgan fingerprint density at radius 1 is 1.38 bits per heavy atom. The first-order chi connectivity index (χ1) is 7.74. The molecule has 4 nitrogen and oxygen atoms in total. The highest BCUT2D eigenvalue weighted by Crippen LogP contribution is 2.02. The number of aldehydes is 1. The van der Waals surface area contributed by atoms with Gasteiger partial charge in [0, 0.05) is 6.42 Å². The molecular formula is C12H15NO3. The van der Waals surface area contributed by atoms with Crippen LogP contribution in [-0.2, 0) is 20.9 Å². The van der Waals surface area contributed by atoms with Crippen molar-refractivity contribution >= 4 is 12.3 Å². The third-order valence-electron chi connectivity index (χ3n) is 2.12. The van der Waals surface area contributed by atoms with Gasteiger partial charge in [0.2, 0.25) is 0 Å². The Morgan fingerprint density at radius 2 is 2.06 bits per heavy atom. The van der Waals surface area contributed by atoms with Crippen molar-refractivity contribution in [3.63, 3.8) is 0 Å². The van der Waals surface area contributed by atoms with Gasteiger partial charge in [0.05, 0.1) is 0 Å². The molecule has 0 aliphatic heterocycles. The molecule has 4 heteroatoms. The Morgan fingerprint density at radius 3 is 2.69 bits per heavy atom. The SMILES string of the molecule is N[C@H](CCC=O)C(=O)OCc1ccccc1. The van der Waals surface area contributed by atoms with Crippen molar-refractivity contribution in [1.29, 1.82) is 0 Å². The predicted molar refractivity (Wildman–Crippen MR) is 59.5 cm³/mol. The molecule has 0 unspecified atom stereocenters. The van der Waals surface area contributed by atoms with E-state index in [9.17, 15) is 9.59 Å². The fraction of sp³-hybridized carbons (Fsp3) is 0.333.